The minimum absolute atomic E-state index is 0.229. The molecule has 0 N–H and O–H groups in total. The van der Waals surface area contributed by atoms with Gasteiger partial charge in [-0.05, 0) is 62.3 Å². The second kappa shape index (κ2) is 7.00. The molecular weight excluding hydrogens is 359 g/mol. The lowest BCUT2D eigenvalue weighted by Crippen LogP contribution is -2.29. The Morgan fingerprint density at radius 3 is 2.52 bits per heavy atom. The highest BCUT2D eigenvalue weighted by molar-refractivity contribution is 7.19. The van der Waals surface area contributed by atoms with Crippen molar-refractivity contribution < 1.29 is 4.39 Å². The molecule has 0 atom stereocenters. The summed E-state index contributed by atoms with van der Waals surface area (Å²) in [7, 11) is 0. The summed E-state index contributed by atoms with van der Waals surface area (Å²) in [4.78, 5) is 17.3. The van der Waals surface area contributed by atoms with Crippen LogP contribution in [0.15, 0.2) is 36.8 Å². The summed E-state index contributed by atoms with van der Waals surface area (Å²) in [6.07, 6.45) is 9.68. The number of thiazole rings is 1. The number of nitrogens with zero attached hydrogens (tertiary/aromatic N) is 4. The van der Waals surface area contributed by atoms with Gasteiger partial charge < -0.3 is 4.90 Å². The summed E-state index contributed by atoms with van der Waals surface area (Å²) in [6.45, 7) is 2.10. The van der Waals surface area contributed by atoms with Gasteiger partial charge in [0.15, 0.2) is 5.13 Å². The molecular formula is C21H21FN4S. The highest BCUT2D eigenvalue weighted by Crippen LogP contribution is 2.47. The van der Waals surface area contributed by atoms with Gasteiger partial charge in [-0.15, -0.1) is 0 Å². The van der Waals surface area contributed by atoms with Crippen LogP contribution in [0.4, 0.5) is 9.52 Å². The van der Waals surface area contributed by atoms with Gasteiger partial charge in [-0.3, -0.25) is 0 Å². The standard InChI is InChI=1S/C21H21FN4S/c22-16-8-6-15(7-9-16)18-20(19-17(14-4-5-14)12-23-13-24-19)27-21(25-18)26-10-2-1-3-11-26/h6-9,12-14H,1-5,10-11H2. The van der Waals surface area contributed by atoms with Gasteiger partial charge in [0.25, 0.3) is 0 Å². The highest BCUT2D eigenvalue weighted by Gasteiger charge is 2.30. The van der Waals surface area contributed by atoms with E-state index in [1.165, 1.54) is 49.8 Å². The normalized spacial score (nSPS) is 17.3. The average molecular weight is 380 g/mol. The minimum atomic E-state index is -0.229. The molecule has 1 aliphatic heterocycles. The SMILES string of the molecule is Fc1ccc(-c2nc(N3CCCCC3)sc2-c2ncncc2C2CC2)cc1. The molecule has 6 heteroatoms. The van der Waals surface area contributed by atoms with Crippen LogP contribution < -0.4 is 4.90 Å². The number of hydrogen-bond donors (Lipinski definition) is 0. The zero-order valence-corrected chi connectivity index (χ0v) is 15.9. The first kappa shape index (κ1) is 16.8. The maximum Gasteiger partial charge on any atom is 0.186 e. The molecule has 0 unspecified atom stereocenters. The van der Waals surface area contributed by atoms with E-state index in [2.05, 4.69) is 14.9 Å². The maximum atomic E-state index is 13.5. The van der Waals surface area contributed by atoms with Crippen molar-refractivity contribution in [3.8, 4) is 21.8 Å². The van der Waals surface area contributed by atoms with Crippen LogP contribution in [-0.2, 0) is 0 Å². The van der Waals surface area contributed by atoms with Crippen molar-refractivity contribution in [2.24, 2.45) is 0 Å². The molecule has 0 radical (unpaired) electrons. The summed E-state index contributed by atoms with van der Waals surface area (Å²) < 4.78 is 13.5. The molecule has 27 heavy (non-hydrogen) atoms. The van der Waals surface area contributed by atoms with E-state index in [0.717, 1.165) is 40.0 Å². The predicted octanol–water partition coefficient (Wildman–Crippen LogP) is 5.27. The van der Waals surface area contributed by atoms with Crippen molar-refractivity contribution in [3.63, 3.8) is 0 Å². The van der Waals surface area contributed by atoms with Crippen LogP contribution in [0.5, 0.6) is 0 Å². The molecule has 2 aromatic heterocycles. The molecule has 2 fully saturated rings. The predicted molar refractivity (Wildman–Crippen MR) is 107 cm³/mol. The Bertz CT molecular complexity index is 943. The van der Waals surface area contributed by atoms with Gasteiger partial charge >= 0.3 is 0 Å². The Morgan fingerprint density at radius 1 is 1.00 bits per heavy atom. The largest absolute Gasteiger partial charge is 0.348 e. The molecule has 2 aliphatic rings. The smallest absolute Gasteiger partial charge is 0.186 e. The fraction of sp³-hybridized carbons (Fsp3) is 0.381. The van der Waals surface area contributed by atoms with Crippen molar-refractivity contribution in [1.82, 2.24) is 15.0 Å². The lowest BCUT2D eigenvalue weighted by Gasteiger charge is -2.25. The Hall–Kier alpha value is -2.34. The van der Waals surface area contributed by atoms with Crippen LogP contribution in [0.25, 0.3) is 21.8 Å². The van der Waals surface area contributed by atoms with Crippen molar-refractivity contribution in [2.75, 3.05) is 18.0 Å². The molecule has 138 valence electrons. The zero-order valence-electron chi connectivity index (χ0n) is 15.1. The number of anilines is 1. The van der Waals surface area contributed by atoms with E-state index >= 15 is 0 Å². The van der Waals surface area contributed by atoms with Gasteiger partial charge in [-0.25, -0.2) is 19.3 Å². The molecule has 1 aliphatic carbocycles. The third kappa shape index (κ3) is 3.34. The molecule has 0 spiro atoms. The van der Waals surface area contributed by atoms with E-state index < -0.39 is 0 Å². The van der Waals surface area contributed by atoms with Crippen molar-refractivity contribution in [1.29, 1.82) is 0 Å². The van der Waals surface area contributed by atoms with E-state index in [9.17, 15) is 4.39 Å². The van der Waals surface area contributed by atoms with Crippen LogP contribution in [-0.4, -0.2) is 28.0 Å². The van der Waals surface area contributed by atoms with E-state index in [1.54, 1.807) is 17.7 Å². The fourth-order valence-electron chi connectivity index (χ4n) is 3.72. The molecule has 0 bridgehead atoms. The van der Waals surface area contributed by atoms with E-state index in [0.29, 0.717) is 5.92 Å². The number of piperidine rings is 1. The van der Waals surface area contributed by atoms with Gasteiger partial charge in [-0.2, -0.15) is 0 Å². The summed E-state index contributed by atoms with van der Waals surface area (Å²) in [6, 6.07) is 6.62. The lowest BCUT2D eigenvalue weighted by molar-refractivity contribution is 0.577. The number of benzene rings is 1. The summed E-state index contributed by atoms with van der Waals surface area (Å²) >= 11 is 1.71. The van der Waals surface area contributed by atoms with Crippen molar-refractivity contribution in [3.05, 3.63) is 48.2 Å². The average Bonchev–Trinajstić information content (AvgIpc) is 3.48. The summed E-state index contributed by atoms with van der Waals surface area (Å²) in [5, 5.41) is 1.05. The number of halogens is 1. The highest BCUT2D eigenvalue weighted by atomic mass is 32.1. The quantitative estimate of drug-likeness (QED) is 0.618. The molecule has 0 amide bonds. The van der Waals surface area contributed by atoms with Crippen LogP contribution >= 0.6 is 11.3 Å². The van der Waals surface area contributed by atoms with Crippen molar-refractivity contribution in [2.45, 2.75) is 38.0 Å². The molecule has 4 nitrogen and oxygen atoms in total. The molecule has 1 aromatic carbocycles. The van der Waals surface area contributed by atoms with Gasteiger partial charge in [0.05, 0.1) is 16.3 Å². The number of aromatic nitrogens is 3. The second-order valence-corrected chi connectivity index (χ2v) is 8.31. The van der Waals surface area contributed by atoms with E-state index in [-0.39, 0.29) is 5.82 Å². The monoisotopic (exact) mass is 380 g/mol. The van der Waals surface area contributed by atoms with Gasteiger partial charge in [0.1, 0.15) is 12.1 Å². The first-order valence-electron chi connectivity index (χ1n) is 9.61. The van der Waals surface area contributed by atoms with E-state index in [1.807, 2.05) is 18.3 Å². The summed E-state index contributed by atoms with van der Waals surface area (Å²) in [5.41, 5.74) is 4.05. The van der Waals surface area contributed by atoms with E-state index in [4.69, 9.17) is 4.98 Å². The topological polar surface area (TPSA) is 41.9 Å². The molecule has 3 heterocycles. The van der Waals surface area contributed by atoms with Crippen molar-refractivity contribution >= 4 is 16.5 Å². The van der Waals surface area contributed by atoms with Gasteiger partial charge in [0, 0.05) is 30.4 Å². The van der Waals surface area contributed by atoms with Crippen LogP contribution in [0.1, 0.15) is 43.6 Å². The molecule has 1 saturated heterocycles. The third-order valence-electron chi connectivity index (χ3n) is 5.33. The third-order valence-corrected chi connectivity index (χ3v) is 6.46. The number of hydrogen-bond acceptors (Lipinski definition) is 5. The summed E-state index contributed by atoms with van der Waals surface area (Å²) in [5.74, 6) is 0.329. The fourth-order valence-corrected chi connectivity index (χ4v) is 4.87. The minimum Gasteiger partial charge on any atom is -0.348 e. The first-order valence-corrected chi connectivity index (χ1v) is 10.4. The molecule has 5 rings (SSSR count). The Balaban J connectivity index is 1.64. The van der Waals surface area contributed by atoms with Crippen LogP contribution in [0.2, 0.25) is 0 Å². The zero-order chi connectivity index (χ0) is 18.2. The molecule has 3 aromatic rings. The maximum absolute atomic E-state index is 13.5. The number of rotatable bonds is 4. The van der Waals surface area contributed by atoms with Gasteiger partial charge in [0.2, 0.25) is 0 Å². The Kier molecular flexibility index (Phi) is 4.36. The lowest BCUT2D eigenvalue weighted by atomic mass is 10.1. The second-order valence-electron chi connectivity index (χ2n) is 7.33. The van der Waals surface area contributed by atoms with Gasteiger partial charge in [-0.1, -0.05) is 11.3 Å². The van der Waals surface area contributed by atoms with Crippen LogP contribution in [0, 0.1) is 5.82 Å². The van der Waals surface area contributed by atoms with Crippen LogP contribution in [0.3, 0.4) is 0 Å². The Morgan fingerprint density at radius 2 is 1.78 bits per heavy atom. The first-order chi connectivity index (χ1) is 13.3. The Labute approximate surface area is 162 Å². The molecule has 1 saturated carbocycles.